The van der Waals surface area contributed by atoms with Gasteiger partial charge in [0.1, 0.15) is 5.75 Å². The number of ether oxygens (including phenoxy) is 1. The van der Waals surface area contributed by atoms with Crippen LogP contribution in [0.5, 0.6) is 5.75 Å². The van der Waals surface area contributed by atoms with Gasteiger partial charge in [-0.05, 0) is 40.5 Å². The minimum atomic E-state index is -0.0588. The summed E-state index contributed by atoms with van der Waals surface area (Å²) in [5.41, 5.74) is 0.612. The minimum Gasteiger partial charge on any atom is -0.496 e. The summed E-state index contributed by atoms with van der Waals surface area (Å²) in [5, 5.41) is 2.85. The lowest BCUT2D eigenvalue weighted by Crippen LogP contribution is -2.37. The number of nitrogens with zero attached hydrogens (tertiary/aromatic N) is 1. The highest BCUT2D eigenvalue weighted by molar-refractivity contribution is 9.10. The fraction of sp³-hybridized carbons (Fsp3) is 0.429. The average Bonchev–Trinajstić information content (AvgIpc) is 2.85. The molecule has 1 aliphatic heterocycles. The van der Waals surface area contributed by atoms with E-state index in [-0.39, 0.29) is 17.9 Å². The Labute approximate surface area is 126 Å². The number of likely N-dealkylation sites (tertiary alicyclic amines) is 1. The number of carbonyl (C=O) groups excluding carboxylic acids is 2. The quantitative estimate of drug-likeness (QED) is 0.912. The third-order valence-corrected chi connectivity index (χ3v) is 3.90. The van der Waals surface area contributed by atoms with Gasteiger partial charge >= 0.3 is 0 Å². The van der Waals surface area contributed by atoms with Gasteiger partial charge in [-0.2, -0.15) is 0 Å². The molecule has 1 atom stereocenters. The van der Waals surface area contributed by atoms with E-state index in [1.54, 1.807) is 30.2 Å². The number of benzene rings is 1. The van der Waals surface area contributed by atoms with Crippen LogP contribution in [0.15, 0.2) is 22.7 Å². The highest BCUT2D eigenvalue weighted by Crippen LogP contribution is 2.26. The van der Waals surface area contributed by atoms with Crippen molar-refractivity contribution in [2.24, 2.45) is 0 Å². The Morgan fingerprint density at radius 3 is 2.80 bits per heavy atom. The van der Waals surface area contributed by atoms with Gasteiger partial charge in [-0.25, -0.2) is 0 Å². The number of methoxy groups -OCH3 is 1. The molecule has 0 aliphatic carbocycles. The standard InChI is InChI=1S/C14H17BrN2O3/c1-9(18)16-11-5-6-17(8-11)14(19)10-3-4-13(20-2)12(15)7-10/h3-4,7,11H,5-6,8H2,1-2H3,(H,16,18). The molecule has 1 aliphatic rings. The summed E-state index contributed by atoms with van der Waals surface area (Å²) >= 11 is 3.38. The van der Waals surface area contributed by atoms with E-state index < -0.39 is 0 Å². The molecule has 108 valence electrons. The van der Waals surface area contributed by atoms with Crippen molar-refractivity contribution in [2.75, 3.05) is 20.2 Å². The predicted octanol–water partition coefficient (Wildman–Crippen LogP) is 1.81. The summed E-state index contributed by atoms with van der Waals surface area (Å²) in [6.07, 6.45) is 0.794. The molecule has 5 nitrogen and oxygen atoms in total. The van der Waals surface area contributed by atoms with E-state index in [1.807, 2.05) is 0 Å². The summed E-state index contributed by atoms with van der Waals surface area (Å²) in [6.45, 7) is 2.71. The van der Waals surface area contributed by atoms with E-state index in [0.29, 0.717) is 24.4 Å². The summed E-state index contributed by atoms with van der Waals surface area (Å²) < 4.78 is 5.90. The minimum absolute atomic E-state index is 0.0267. The molecule has 1 aromatic rings. The fourth-order valence-electron chi connectivity index (χ4n) is 2.33. The Morgan fingerprint density at radius 1 is 1.45 bits per heavy atom. The number of nitrogens with one attached hydrogen (secondary N) is 1. The molecule has 1 saturated heterocycles. The highest BCUT2D eigenvalue weighted by Gasteiger charge is 2.27. The van der Waals surface area contributed by atoms with Crippen molar-refractivity contribution in [1.29, 1.82) is 0 Å². The number of rotatable bonds is 3. The molecule has 6 heteroatoms. The van der Waals surface area contributed by atoms with Crippen molar-refractivity contribution in [3.05, 3.63) is 28.2 Å². The van der Waals surface area contributed by atoms with Crippen LogP contribution in [0.3, 0.4) is 0 Å². The van der Waals surface area contributed by atoms with E-state index >= 15 is 0 Å². The van der Waals surface area contributed by atoms with Crippen LogP contribution in [-0.2, 0) is 4.79 Å². The largest absolute Gasteiger partial charge is 0.496 e. The zero-order chi connectivity index (χ0) is 14.7. The van der Waals surface area contributed by atoms with Crippen LogP contribution in [0.1, 0.15) is 23.7 Å². The van der Waals surface area contributed by atoms with Crippen LogP contribution in [0, 0.1) is 0 Å². The van der Waals surface area contributed by atoms with Crippen molar-refractivity contribution < 1.29 is 14.3 Å². The summed E-state index contributed by atoms with van der Waals surface area (Å²) in [5.74, 6) is 0.608. The molecule has 0 aromatic heterocycles. The second-order valence-electron chi connectivity index (χ2n) is 4.79. The molecule has 2 amide bonds. The van der Waals surface area contributed by atoms with Gasteiger partial charge in [-0.3, -0.25) is 9.59 Å². The Morgan fingerprint density at radius 2 is 2.20 bits per heavy atom. The Bertz CT molecular complexity index is 533. The first-order chi connectivity index (χ1) is 9.51. The molecule has 1 aromatic carbocycles. The molecule has 1 N–H and O–H groups in total. The monoisotopic (exact) mass is 340 g/mol. The van der Waals surface area contributed by atoms with Crippen LogP contribution in [0.25, 0.3) is 0 Å². The van der Waals surface area contributed by atoms with E-state index in [1.165, 1.54) is 6.92 Å². The Hall–Kier alpha value is -1.56. The van der Waals surface area contributed by atoms with E-state index in [4.69, 9.17) is 4.74 Å². The maximum absolute atomic E-state index is 12.4. The zero-order valence-corrected chi connectivity index (χ0v) is 13.1. The molecule has 1 fully saturated rings. The highest BCUT2D eigenvalue weighted by atomic mass is 79.9. The van der Waals surface area contributed by atoms with Crippen molar-refractivity contribution in [3.8, 4) is 5.75 Å². The van der Waals surface area contributed by atoms with Crippen molar-refractivity contribution >= 4 is 27.7 Å². The molecular formula is C14H17BrN2O3. The lowest BCUT2D eigenvalue weighted by Gasteiger charge is -2.17. The molecule has 2 rings (SSSR count). The van der Waals surface area contributed by atoms with Crippen LogP contribution in [-0.4, -0.2) is 43.0 Å². The van der Waals surface area contributed by atoms with Crippen molar-refractivity contribution in [2.45, 2.75) is 19.4 Å². The Balaban J connectivity index is 2.05. The van der Waals surface area contributed by atoms with Gasteiger partial charge in [0, 0.05) is 31.6 Å². The van der Waals surface area contributed by atoms with Crippen molar-refractivity contribution in [1.82, 2.24) is 10.2 Å². The topological polar surface area (TPSA) is 58.6 Å². The van der Waals surface area contributed by atoms with Crippen LogP contribution < -0.4 is 10.1 Å². The zero-order valence-electron chi connectivity index (χ0n) is 11.5. The molecule has 1 unspecified atom stereocenters. The first kappa shape index (κ1) is 14.8. The van der Waals surface area contributed by atoms with Gasteiger partial charge < -0.3 is 15.0 Å². The molecule has 20 heavy (non-hydrogen) atoms. The van der Waals surface area contributed by atoms with Gasteiger partial charge in [0.15, 0.2) is 0 Å². The molecule has 0 spiro atoms. The van der Waals surface area contributed by atoms with Crippen LogP contribution in [0.2, 0.25) is 0 Å². The van der Waals surface area contributed by atoms with Crippen LogP contribution in [0.4, 0.5) is 0 Å². The summed E-state index contributed by atoms with van der Waals surface area (Å²) in [4.78, 5) is 25.2. The number of amides is 2. The van der Waals surface area contributed by atoms with E-state index in [9.17, 15) is 9.59 Å². The number of hydrogen-bond acceptors (Lipinski definition) is 3. The first-order valence-electron chi connectivity index (χ1n) is 6.41. The lowest BCUT2D eigenvalue weighted by atomic mass is 10.2. The van der Waals surface area contributed by atoms with Gasteiger partial charge in [-0.15, -0.1) is 0 Å². The first-order valence-corrected chi connectivity index (χ1v) is 7.20. The predicted molar refractivity (Wildman–Crippen MR) is 78.8 cm³/mol. The second kappa shape index (κ2) is 6.26. The smallest absolute Gasteiger partial charge is 0.253 e. The molecule has 1 heterocycles. The molecule has 0 radical (unpaired) electrons. The number of carbonyl (C=O) groups is 2. The van der Waals surface area contributed by atoms with Gasteiger partial charge in [0.25, 0.3) is 5.91 Å². The van der Waals surface area contributed by atoms with Gasteiger partial charge in [-0.1, -0.05) is 0 Å². The lowest BCUT2D eigenvalue weighted by molar-refractivity contribution is -0.119. The normalized spacial score (nSPS) is 17.9. The van der Waals surface area contributed by atoms with Crippen LogP contribution >= 0.6 is 15.9 Å². The molecule has 0 bridgehead atoms. The van der Waals surface area contributed by atoms with Crippen molar-refractivity contribution in [3.63, 3.8) is 0 Å². The third-order valence-electron chi connectivity index (χ3n) is 3.28. The molecule has 0 saturated carbocycles. The second-order valence-corrected chi connectivity index (χ2v) is 5.64. The van der Waals surface area contributed by atoms with Gasteiger partial charge in [0.05, 0.1) is 11.6 Å². The maximum Gasteiger partial charge on any atom is 0.253 e. The maximum atomic E-state index is 12.4. The van der Waals surface area contributed by atoms with E-state index in [2.05, 4.69) is 21.2 Å². The number of hydrogen-bond donors (Lipinski definition) is 1. The summed E-state index contributed by atoms with van der Waals surface area (Å²) in [7, 11) is 1.58. The summed E-state index contributed by atoms with van der Waals surface area (Å²) in [6, 6.07) is 5.32. The SMILES string of the molecule is COc1ccc(C(=O)N2CCC(NC(C)=O)C2)cc1Br. The number of halogens is 1. The molecular weight excluding hydrogens is 324 g/mol. The van der Waals surface area contributed by atoms with Gasteiger partial charge in [0.2, 0.25) is 5.91 Å². The third kappa shape index (κ3) is 3.30. The fourth-order valence-corrected chi connectivity index (χ4v) is 2.87. The Kier molecular flexibility index (Phi) is 4.65. The van der Waals surface area contributed by atoms with E-state index in [0.717, 1.165) is 10.9 Å². The average molecular weight is 341 g/mol.